The van der Waals surface area contributed by atoms with E-state index in [9.17, 15) is 5.11 Å². The third-order valence-corrected chi connectivity index (χ3v) is 4.79. The molecule has 5 heteroatoms. The average Bonchev–Trinajstić information content (AvgIpc) is 2.64. The number of pyridine rings is 1. The quantitative estimate of drug-likeness (QED) is 0.861. The molecule has 1 fully saturated rings. The predicted octanol–water partition coefficient (Wildman–Crippen LogP) is 3.23. The number of hydrogen-bond acceptors (Lipinski definition) is 5. The summed E-state index contributed by atoms with van der Waals surface area (Å²) in [6.07, 6.45) is 0.0980. The highest BCUT2D eigenvalue weighted by atomic mass is 16.5. The van der Waals surface area contributed by atoms with Gasteiger partial charge in [-0.25, -0.2) is 4.98 Å². The van der Waals surface area contributed by atoms with Crippen LogP contribution < -0.4 is 9.47 Å². The Kier molecular flexibility index (Phi) is 6.12. The fraction of sp³-hybridized carbons (Fsp3) is 0.476. The van der Waals surface area contributed by atoms with Gasteiger partial charge in [0.15, 0.2) is 0 Å². The maximum Gasteiger partial charge on any atom is 0.213 e. The second kappa shape index (κ2) is 8.52. The Hall–Kier alpha value is -2.11. The number of β-amino-alcohol motifs (C(OH)–C–C–N with tert-alkyl or cyclic N) is 1. The van der Waals surface area contributed by atoms with Crippen molar-refractivity contribution in [3.8, 4) is 11.6 Å². The first-order chi connectivity index (χ1) is 12.5. The zero-order valence-electron chi connectivity index (χ0n) is 15.8. The zero-order chi connectivity index (χ0) is 18.5. The lowest BCUT2D eigenvalue weighted by atomic mass is 10.0. The maximum absolute atomic E-state index is 10.5. The van der Waals surface area contributed by atoms with Crippen molar-refractivity contribution in [3.05, 3.63) is 53.7 Å². The third-order valence-electron chi connectivity index (χ3n) is 4.79. The summed E-state index contributed by atoms with van der Waals surface area (Å²) in [5, 5.41) is 10.5. The maximum atomic E-state index is 10.5. The fourth-order valence-corrected chi connectivity index (χ4v) is 3.27. The van der Waals surface area contributed by atoms with Crippen molar-refractivity contribution in [2.24, 2.45) is 0 Å². The number of ether oxygens (including phenoxy) is 2. The molecule has 2 aromatic rings. The zero-order valence-corrected chi connectivity index (χ0v) is 15.8. The molecule has 5 nitrogen and oxygen atoms in total. The van der Waals surface area contributed by atoms with Gasteiger partial charge in [0.25, 0.3) is 0 Å². The number of aliphatic hydroxyl groups excluding tert-OH is 1. The minimum Gasteiger partial charge on any atom is -0.488 e. The molecule has 0 saturated carbocycles. The highest BCUT2D eigenvalue weighted by Crippen LogP contribution is 2.24. The van der Waals surface area contributed by atoms with Gasteiger partial charge < -0.3 is 14.6 Å². The number of rotatable bonds is 6. The molecular formula is C21H28N2O3. The van der Waals surface area contributed by atoms with E-state index in [1.165, 1.54) is 5.56 Å². The molecule has 1 aliphatic rings. The molecule has 0 unspecified atom stereocenters. The van der Waals surface area contributed by atoms with Crippen LogP contribution in [0, 0.1) is 0 Å². The highest BCUT2D eigenvalue weighted by molar-refractivity contribution is 5.30. The van der Waals surface area contributed by atoms with Crippen molar-refractivity contribution < 1.29 is 14.6 Å². The normalized spacial score (nSPS) is 21.0. The monoisotopic (exact) mass is 356 g/mol. The summed E-state index contributed by atoms with van der Waals surface area (Å²) in [6, 6.07) is 13.9. The fourth-order valence-electron chi connectivity index (χ4n) is 3.27. The minimum atomic E-state index is -0.517. The topological polar surface area (TPSA) is 54.8 Å². The van der Waals surface area contributed by atoms with Crippen LogP contribution in [0.1, 0.15) is 37.4 Å². The van der Waals surface area contributed by atoms with Gasteiger partial charge in [0.2, 0.25) is 5.88 Å². The Balaban J connectivity index is 1.57. The van der Waals surface area contributed by atoms with Gasteiger partial charge in [0.05, 0.1) is 12.8 Å². The Morgan fingerprint density at radius 1 is 1.23 bits per heavy atom. The molecule has 2 heterocycles. The van der Waals surface area contributed by atoms with Crippen molar-refractivity contribution >= 4 is 0 Å². The Morgan fingerprint density at radius 3 is 2.77 bits per heavy atom. The van der Waals surface area contributed by atoms with E-state index in [1.54, 1.807) is 7.11 Å². The van der Waals surface area contributed by atoms with Crippen LogP contribution in [0.25, 0.3) is 0 Å². The first-order valence-electron chi connectivity index (χ1n) is 9.22. The number of benzene rings is 1. The van der Waals surface area contributed by atoms with Crippen molar-refractivity contribution in [1.29, 1.82) is 0 Å². The molecule has 1 aromatic carbocycles. The van der Waals surface area contributed by atoms with E-state index in [2.05, 4.69) is 35.9 Å². The van der Waals surface area contributed by atoms with Gasteiger partial charge in [-0.05, 0) is 36.1 Å². The van der Waals surface area contributed by atoms with Gasteiger partial charge in [0.1, 0.15) is 18.0 Å². The van der Waals surface area contributed by atoms with Crippen LogP contribution in [-0.2, 0) is 6.54 Å². The van der Waals surface area contributed by atoms with Gasteiger partial charge in [-0.15, -0.1) is 0 Å². The molecule has 2 atom stereocenters. The van der Waals surface area contributed by atoms with Gasteiger partial charge in [-0.1, -0.05) is 32.0 Å². The molecule has 1 saturated heterocycles. The van der Waals surface area contributed by atoms with E-state index in [-0.39, 0.29) is 6.10 Å². The van der Waals surface area contributed by atoms with Crippen molar-refractivity contribution in [2.75, 3.05) is 20.2 Å². The summed E-state index contributed by atoms with van der Waals surface area (Å²) in [4.78, 5) is 6.65. The molecule has 26 heavy (non-hydrogen) atoms. The lowest BCUT2D eigenvalue weighted by Gasteiger charge is -2.35. The standard InChI is InChI=1S/C21H28N2O3/c1-15(2)16-6-4-8-18(12-16)26-20-10-11-23(14-19(20)24)13-17-7-5-9-21(22-17)25-3/h4-9,12,15,19-20,24H,10-11,13-14H2,1-3H3/t19-,20-/m1/s1. The molecular weight excluding hydrogens is 328 g/mol. The number of aliphatic hydroxyl groups is 1. The summed E-state index contributed by atoms with van der Waals surface area (Å²) < 4.78 is 11.3. The average molecular weight is 356 g/mol. The number of hydrogen-bond donors (Lipinski definition) is 1. The van der Waals surface area contributed by atoms with Crippen LogP contribution in [0.5, 0.6) is 11.6 Å². The molecule has 3 rings (SSSR count). The van der Waals surface area contributed by atoms with Crippen LogP contribution in [-0.4, -0.2) is 47.4 Å². The van der Waals surface area contributed by atoms with Crippen molar-refractivity contribution in [1.82, 2.24) is 9.88 Å². The van der Waals surface area contributed by atoms with E-state index in [4.69, 9.17) is 9.47 Å². The smallest absolute Gasteiger partial charge is 0.213 e. The molecule has 1 N–H and O–H groups in total. The van der Waals surface area contributed by atoms with Gasteiger partial charge in [0, 0.05) is 25.7 Å². The third kappa shape index (κ3) is 4.74. The van der Waals surface area contributed by atoms with E-state index in [0.29, 0.717) is 24.9 Å². The Morgan fingerprint density at radius 2 is 2.04 bits per heavy atom. The largest absolute Gasteiger partial charge is 0.488 e. The second-order valence-electron chi connectivity index (χ2n) is 7.15. The summed E-state index contributed by atoms with van der Waals surface area (Å²) in [5.41, 5.74) is 2.19. The van der Waals surface area contributed by atoms with Crippen molar-refractivity contribution in [2.45, 2.75) is 44.9 Å². The lowest BCUT2D eigenvalue weighted by molar-refractivity contribution is -0.0278. The van der Waals surface area contributed by atoms with E-state index >= 15 is 0 Å². The van der Waals surface area contributed by atoms with Gasteiger partial charge in [-0.3, -0.25) is 4.90 Å². The van der Waals surface area contributed by atoms with E-state index < -0.39 is 6.10 Å². The van der Waals surface area contributed by atoms with Gasteiger partial charge >= 0.3 is 0 Å². The highest BCUT2D eigenvalue weighted by Gasteiger charge is 2.29. The molecule has 0 bridgehead atoms. The van der Waals surface area contributed by atoms with Crippen LogP contribution in [0.3, 0.4) is 0 Å². The molecule has 140 valence electrons. The lowest BCUT2D eigenvalue weighted by Crippen LogP contribution is -2.48. The first-order valence-corrected chi connectivity index (χ1v) is 9.22. The Bertz CT molecular complexity index is 720. The van der Waals surface area contributed by atoms with Crippen LogP contribution in [0.2, 0.25) is 0 Å². The van der Waals surface area contributed by atoms with Crippen molar-refractivity contribution in [3.63, 3.8) is 0 Å². The molecule has 0 aliphatic carbocycles. The molecule has 0 amide bonds. The summed E-state index contributed by atoms with van der Waals surface area (Å²) >= 11 is 0. The summed E-state index contributed by atoms with van der Waals surface area (Å²) in [5.74, 6) is 1.91. The van der Waals surface area contributed by atoms with Crippen LogP contribution in [0.4, 0.5) is 0 Å². The SMILES string of the molecule is COc1cccc(CN2CC[C@@H](Oc3cccc(C(C)C)c3)[C@H](O)C2)n1. The van der Waals surface area contributed by atoms with Gasteiger partial charge in [-0.2, -0.15) is 0 Å². The summed E-state index contributed by atoms with van der Waals surface area (Å²) in [6.45, 7) is 6.47. The second-order valence-corrected chi connectivity index (χ2v) is 7.15. The minimum absolute atomic E-state index is 0.174. The number of methoxy groups -OCH3 is 1. The molecule has 1 aliphatic heterocycles. The Labute approximate surface area is 155 Å². The number of aromatic nitrogens is 1. The number of likely N-dealkylation sites (tertiary alicyclic amines) is 1. The molecule has 1 aromatic heterocycles. The first kappa shape index (κ1) is 18.7. The summed E-state index contributed by atoms with van der Waals surface area (Å²) in [7, 11) is 1.62. The molecule has 0 radical (unpaired) electrons. The van der Waals surface area contributed by atoms with E-state index in [0.717, 1.165) is 24.4 Å². The number of nitrogens with zero attached hydrogens (tertiary/aromatic N) is 2. The van der Waals surface area contributed by atoms with Crippen LogP contribution >= 0.6 is 0 Å². The van der Waals surface area contributed by atoms with Crippen LogP contribution in [0.15, 0.2) is 42.5 Å². The van der Waals surface area contributed by atoms with E-state index in [1.807, 2.05) is 30.3 Å². The molecule has 0 spiro atoms. The number of piperidine rings is 1. The predicted molar refractivity (Wildman–Crippen MR) is 102 cm³/mol.